The molecule has 2 aromatic heterocycles. The van der Waals surface area contributed by atoms with Gasteiger partial charge in [0.05, 0.1) is 17.4 Å². The van der Waals surface area contributed by atoms with Crippen molar-refractivity contribution in [3.63, 3.8) is 0 Å². The molecule has 5 nitrogen and oxygen atoms in total. The molecular weight excluding hydrogens is 300 g/mol. The molecule has 2 heterocycles. The maximum absolute atomic E-state index is 5.80. The first kappa shape index (κ1) is 14.4. The van der Waals surface area contributed by atoms with E-state index in [1.807, 2.05) is 53.3 Å². The molecular formula is C19H16N4O. The Bertz CT molecular complexity index is 976. The van der Waals surface area contributed by atoms with Crippen LogP contribution in [0.1, 0.15) is 12.6 Å². The molecule has 0 aliphatic carbocycles. The lowest BCUT2D eigenvalue weighted by atomic mass is 10.2. The van der Waals surface area contributed by atoms with E-state index in [0.29, 0.717) is 5.88 Å². The minimum absolute atomic E-state index is 0.555. The van der Waals surface area contributed by atoms with Crippen LogP contribution in [-0.2, 0) is 6.42 Å². The lowest BCUT2D eigenvalue weighted by Gasteiger charge is -2.07. The summed E-state index contributed by atoms with van der Waals surface area (Å²) in [5.74, 6) is 1.29. The summed E-state index contributed by atoms with van der Waals surface area (Å²) in [5, 5.41) is 5.57. The maximum Gasteiger partial charge on any atom is 0.222 e. The van der Waals surface area contributed by atoms with Crippen LogP contribution in [0.3, 0.4) is 0 Å². The first-order chi connectivity index (χ1) is 11.8. The van der Waals surface area contributed by atoms with Crippen LogP contribution in [0, 0.1) is 0 Å². The summed E-state index contributed by atoms with van der Waals surface area (Å²) in [5.41, 5.74) is 3.02. The number of para-hydroxylation sites is 1. The van der Waals surface area contributed by atoms with Crippen molar-refractivity contribution >= 4 is 10.9 Å². The van der Waals surface area contributed by atoms with E-state index in [4.69, 9.17) is 4.74 Å². The van der Waals surface area contributed by atoms with Crippen LogP contribution in [0.5, 0.6) is 11.6 Å². The molecule has 4 rings (SSSR count). The minimum Gasteiger partial charge on any atom is -0.439 e. The lowest BCUT2D eigenvalue weighted by Crippen LogP contribution is -1.96. The Morgan fingerprint density at radius 3 is 2.67 bits per heavy atom. The van der Waals surface area contributed by atoms with Crippen molar-refractivity contribution in [3.05, 3.63) is 72.8 Å². The number of hydrogen-bond donors (Lipinski definition) is 0. The molecule has 0 radical (unpaired) electrons. The number of hydrogen-bond acceptors (Lipinski definition) is 4. The van der Waals surface area contributed by atoms with Gasteiger partial charge in [0.15, 0.2) is 0 Å². The van der Waals surface area contributed by atoms with Crippen LogP contribution < -0.4 is 4.74 Å². The Morgan fingerprint density at radius 1 is 1.00 bits per heavy atom. The fourth-order valence-corrected chi connectivity index (χ4v) is 2.58. The average molecular weight is 316 g/mol. The highest BCUT2D eigenvalue weighted by Gasteiger charge is 2.05. The summed E-state index contributed by atoms with van der Waals surface area (Å²) in [6, 6.07) is 17.8. The normalized spacial score (nSPS) is 10.9. The van der Waals surface area contributed by atoms with Crippen LogP contribution >= 0.6 is 0 Å². The third-order valence-corrected chi connectivity index (χ3v) is 3.84. The lowest BCUT2D eigenvalue weighted by molar-refractivity contribution is 0.460. The van der Waals surface area contributed by atoms with Crippen molar-refractivity contribution < 1.29 is 4.74 Å². The molecule has 0 amide bonds. The van der Waals surface area contributed by atoms with Gasteiger partial charge in [-0.3, -0.25) is 0 Å². The van der Waals surface area contributed by atoms with Gasteiger partial charge in [-0.05, 0) is 36.8 Å². The zero-order chi connectivity index (χ0) is 16.4. The number of rotatable bonds is 4. The molecule has 0 aliphatic heterocycles. The molecule has 0 bridgehead atoms. The number of aryl methyl sites for hydroxylation is 1. The van der Waals surface area contributed by atoms with E-state index < -0.39 is 0 Å². The molecule has 0 spiro atoms. The molecule has 4 aromatic rings. The van der Waals surface area contributed by atoms with Gasteiger partial charge in [-0.25, -0.2) is 14.6 Å². The topological polar surface area (TPSA) is 52.8 Å². The van der Waals surface area contributed by atoms with Gasteiger partial charge in [0.2, 0.25) is 5.88 Å². The van der Waals surface area contributed by atoms with Crippen molar-refractivity contribution in [2.75, 3.05) is 0 Å². The standard InChI is InChI=1S/C19H16N4O/c1-2-15-11-19(21-13-20-15)24-17-9-7-16(8-10-17)23-18-6-4-3-5-14(18)12-22-23/h3-13H,2H2,1H3. The zero-order valence-corrected chi connectivity index (χ0v) is 13.3. The first-order valence-corrected chi connectivity index (χ1v) is 7.85. The Labute approximate surface area is 139 Å². The summed E-state index contributed by atoms with van der Waals surface area (Å²) in [6.45, 7) is 2.05. The van der Waals surface area contributed by atoms with E-state index in [2.05, 4.69) is 34.1 Å². The van der Waals surface area contributed by atoms with Gasteiger partial charge in [0.25, 0.3) is 0 Å². The van der Waals surface area contributed by atoms with Crippen molar-refractivity contribution in [3.8, 4) is 17.3 Å². The summed E-state index contributed by atoms with van der Waals surface area (Å²) in [7, 11) is 0. The number of ether oxygens (including phenoxy) is 1. The van der Waals surface area contributed by atoms with Crippen LogP contribution in [-0.4, -0.2) is 19.7 Å². The third-order valence-electron chi connectivity index (χ3n) is 3.84. The minimum atomic E-state index is 0.555. The smallest absolute Gasteiger partial charge is 0.222 e. The van der Waals surface area contributed by atoms with Gasteiger partial charge in [0.1, 0.15) is 12.1 Å². The van der Waals surface area contributed by atoms with Gasteiger partial charge < -0.3 is 4.74 Å². The van der Waals surface area contributed by atoms with E-state index in [1.165, 1.54) is 6.33 Å². The van der Waals surface area contributed by atoms with Gasteiger partial charge in [-0.2, -0.15) is 5.10 Å². The van der Waals surface area contributed by atoms with Crippen molar-refractivity contribution in [2.45, 2.75) is 13.3 Å². The van der Waals surface area contributed by atoms with Crippen molar-refractivity contribution in [2.24, 2.45) is 0 Å². The Kier molecular flexibility index (Phi) is 3.67. The Balaban J connectivity index is 1.60. The fourth-order valence-electron chi connectivity index (χ4n) is 2.58. The van der Waals surface area contributed by atoms with Crippen molar-refractivity contribution in [1.82, 2.24) is 19.7 Å². The van der Waals surface area contributed by atoms with Gasteiger partial charge in [-0.1, -0.05) is 25.1 Å². The Morgan fingerprint density at radius 2 is 1.83 bits per heavy atom. The second kappa shape index (κ2) is 6.12. The monoisotopic (exact) mass is 316 g/mol. The predicted molar refractivity (Wildman–Crippen MR) is 92.6 cm³/mol. The van der Waals surface area contributed by atoms with Crippen LogP contribution in [0.4, 0.5) is 0 Å². The second-order valence-electron chi connectivity index (χ2n) is 5.41. The van der Waals surface area contributed by atoms with Crippen LogP contribution in [0.15, 0.2) is 67.1 Å². The second-order valence-corrected chi connectivity index (χ2v) is 5.41. The summed E-state index contributed by atoms with van der Waals surface area (Å²) in [6.07, 6.45) is 4.25. The van der Waals surface area contributed by atoms with E-state index >= 15 is 0 Å². The molecule has 0 N–H and O–H groups in total. The van der Waals surface area contributed by atoms with Crippen molar-refractivity contribution in [1.29, 1.82) is 0 Å². The summed E-state index contributed by atoms with van der Waals surface area (Å²) in [4.78, 5) is 8.32. The molecule has 0 saturated heterocycles. The molecule has 0 aliphatic rings. The molecule has 0 saturated carbocycles. The fraction of sp³-hybridized carbons (Fsp3) is 0.105. The number of benzene rings is 2. The molecule has 24 heavy (non-hydrogen) atoms. The third kappa shape index (κ3) is 2.72. The quantitative estimate of drug-likeness (QED) is 0.567. The summed E-state index contributed by atoms with van der Waals surface area (Å²) < 4.78 is 7.72. The largest absolute Gasteiger partial charge is 0.439 e. The van der Waals surface area contributed by atoms with Gasteiger partial charge in [0, 0.05) is 17.1 Å². The van der Waals surface area contributed by atoms with Crippen LogP contribution in [0.25, 0.3) is 16.6 Å². The molecule has 0 atom stereocenters. The van der Waals surface area contributed by atoms with E-state index in [-0.39, 0.29) is 0 Å². The SMILES string of the molecule is CCc1cc(Oc2ccc(-n3ncc4ccccc43)cc2)ncn1. The number of nitrogens with zero attached hydrogens (tertiary/aromatic N) is 4. The highest BCUT2D eigenvalue weighted by molar-refractivity contribution is 5.80. The first-order valence-electron chi connectivity index (χ1n) is 7.85. The highest BCUT2D eigenvalue weighted by atomic mass is 16.5. The molecule has 5 heteroatoms. The van der Waals surface area contributed by atoms with Gasteiger partial charge in [-0.15, -0.1) is 0 Å². The van der Waals surface area contributed by atoms with E-state index in [9.17, 15) is 0 Å². The molecule has 0 fully saturated rings. The van der Waals surface area contributed by atoms with E-state index in [0.717, 1.165) is 34.5 Å². The maximum atomic E-state index is 5.80. The predicted octanol–water partition coefficient (Wildman–Crippen LogP) is 4.17. The zero-order valence-electron chi connectivity index (χ0n) is 13.3. The number of fused-ring (bicyclic) bond motifs is 1. The molecule has 2 aromatic carbocycles. The number of aromatic nitrogens is 4. The van der Waals surface area contributed by atoms with Crippen LogP contribution in [0.2, 0.25) is 0 Å². The molecule has 118 valence electrons. The van der Waals surface area contributed by atoms with E-state index in [1.54, 1.807) is 0 Å². The highest BCUT2D eigenvalue weighted by Crippen LogP contribution is 2.23. The Hall–Kier alpha value is -3.21. The average Bonchev–Trinajstić information content (AvgIpc) is 3.07. The van der Waals surface area contributed by atoms with Gasteiger partial charge >= 0.3 is 0 Å². The summed E-state index contributed by atoms with van der Waals surface area (Å²) >= 11 is 0. The molecule has 0 unspecified atom stereocenters.